The van der Waals surface area contributed by atoms with Crippen molar-refractivity contribution >= 4 is 63.5 Å². The topological polar surface area (TPSA) is 32.4 Å². The molecule has 1 aromatic carbocycles. The first-order chi connectivity index (χ1) is 9.20. The molecular formula is C13H13BrIN2OTe+. The molecule has 0 saturated heterocycles. The van der Waals surface area contributed by atoms with E-state index in [1.165, 1.54) is 24.8 Å². The monoisotopic (exact) mass is 549 g/mol. The van der Waals surface area contributed by atoms with Gasteiger partial charge in [-0.25, -0.2) is 0 Å². The second-order valence-electron chi connectivity index (χ2n) is 4.23. The minimum atomic E-state index is -0.0848. The van der Waals surface area contributed by atoms with E-state index in [1.807, 2.05) is 12.1 Å². The second kappa shape index (κ2) is 7.87. The van der Waals surface area contributed by atoms with Crippen molar-refractivity contribution in [2.75, 3.05) is 0 Å². The Bertz CT molecular complexity index is 528. The van der Waals surface area contributed by atoms with Gasteiger partial charge in [0.15, 0.2) is 0 Å². The third kappa shape index (κ3) is 4.62. The number of rotatable bonds is 4. The summed E-state index contributed by atoms with van der Waals surface area (Å²) in [6.07, 6.45) is 6.54. The third-order valence-corrected chi connectivity index (χ3v) is 8.87. The van der Waals surface area contributed by atoms with E-state index >= 15 is 0 Å². The fourth-order valence-corrected chi connectivity index (χ4v) is 6.88. The molecule has 0 atom stereocenters. The van der Waals surface area contributed by atoms with Crippen LogP contribution in [-0.4, -0.2) is 28.1 Å². The summed E-state index contributed by atoms with van der Waals surface area (Å²) in [6.45, 7) is 0. The predicted molar refractivity (Wildman–Crippen MR) is 91.2 cm³/mol. The van der Waals surface area contributed by atoms with Gasteiger partial charge in [-0.1, -0.05) is 0 Å². The average Bonchev–Trinajstić information content (AvgIpc) is 2.45. The van der Waals surface area contributed by atoms with Crippen LogP contribution in [-0.2, 0) is 0 Å². The van der Waals surface area contributed by atoms with Crippen molar-refractivity contribution in [3.8, 4) is 0 Å². The van der Waals surface area contributed by atoms with Crippen molar-refractivity contribution in [1.82, 2.24) is 0 Å². The number of nitroso groups, excluding NO2 is 1. The van der Waals surface area contributed by atoms with E-state index in [1.54, 1.807) is 22.0 Å². The van der Waals surface area contributed by atoms with Crippen LogP contribution in [0.3, 0.4) is 0 Å². The maximum atomic E-state index is 11.9. The molecule has 0 saturated carbocycles. The Labute approximate surface area is 140 Å². The number of hydrazone groups is 1. The van der Waals surface area contributed by atoms with E-state index in [0.717, 1.165) is 10.9 Å². The van der Waals surface area contributed by atoms with Gasteiger partial charge in [0.05, 0.1) is 0 Å². The van der Waals surface area contributed by atoms with Gasteiger partial charge in [-0.2, -0.15) is 0 Å². The van der Waals surface area contributed by atoms with Crippen LogP contribution < -0.4 is 0 Å². The summed E-state index contributed by atoms with van der Waals surface area (Å²) in [7, 11) is 0. The molecule has 6 heteroatoms. The number of benzene rings is 1. The van der Waals surface area contributed by atoms with Gasteiger partial charge in [0, 0.05) is 0 Å². The molecule has 2 rings (SSSR count). The van der Waals surface area contributed by atoms with Gasteiger partial charge in [0.25, 0.3) is 0 Å². The van der Waals surface area contributed by atoms with E-state index in [-0.39, 0.29) is 17.0 Å². The van der Waals surface area contributed by atoms with Crippen LogP contribution in [0.4, 0.5) is 5.69 Å². The van der Waals surface area contributed by atoms with Crippen molar-refractivity contribution < 1.29 is 4.87 Å². The van der Waals surface area contributed by atoms with Crippen LogP contribution in [0.5, 0.6) is 0 Å². The third-order valence-electron chi connectivity index (χ3n) is 2.92. The van der Waals surface area contributed by atoms with Crippen molar-refractivity contribution in [2.45, 2.75) is 25.7 Å². The molecule has 1 aliphatic rings. The Morgan fingerprint density at radius 2 is 1.95 bits per heavy atom. The second-order valence-corrected chi connectivity index (χ2v) is 9.94. The van der Waals surface area contributed by atoms with Crippen LogP contribution in [0, 0.1) is 4.91 Å². The van der Waals surface area contributed by atoms with Crippen LogP contribution in [0.25, 0.3) is 0 Å². The molecular weight excluding hydrogens is 535 g/mol. The number of allylic oxidation sites excluding steroid dienone is 2. The van der Waals surface area contributed by atoms with Crippen molar-refractivity contribution in [3.05, 3.63) is 42.8 Å². The number of nitrogens with zero attached hydrogens (tertiary/aromatic N) is 2. The molecule has 1 aliphatic carbocycles. The standard InChI is InChI=1S/C13H13BrIN2OTe/c14-11-5-7-12(8-6-11)17(18)16-9-10-3-1-2-4-13(10)19-15/h5-9H,1-4H2/q+1/b16-9+. The van der Waals surface area contributed by atoms with E-state index < -0.39 is 0 Å². The van der Waals surface area contributed by atoms with E-state index in [9.17, 15) is 4.91 Å². The number of hydrogen-bond donors (Lipinski definition) is 0. The predicted octanol–water partition coefficient (Wildman–Crippen LogP) is 4.73. The zero-order valence-corrected chi connectivity index (χ0v) is 16.3. The molecule has 1 aromatic rings. The van der Waals surface area contributed by atoms with E-state index in [2.05, 4.69) is 39.7 Å². The summed E-state index contributed by atoms with van der Waals surface area (Å²) in [5.41, 5.74) is 1.85. The summed E-state index contributed by atoms with van der Waals surface area (Å²) < 4.78 is 2.52. The first kappa shape index (κ1) is 15.6. The SMILES string of the molecule is O=[N+](/N=C/C1=C([Te]I)CCCC1)c1ccc(Br)cc1. The number of hydrogen-bond acceptors (Lipinski definition) is 1. The van der Waals surface area contributed by atoms with E-state index in [4.69, 9.17) is 0 Å². The molecule has 100 valence electrons. The maximum absolute atomic E-state index is 11.9. The molecule has 0 fully saturated rings. The van der Waals surface area contributed by atoms with Crippen molar-refractivity contribution in [2.24, 2.45) is 5.10 Å². The van der Waals surface area contributed by atoms with Gasteiger partial charge in [0.2, 0.25) is 0 Å². The Balaban J connectivity index is 2.11. The van der Waals surface area contributed by atoms with Crippen molar-refractivity contribution in [1.29, 1.82) is 0 Å². The first-order valence-corrected chi connectivity index (χ1v) is 14.7. The Morgan fingerprint density at radius 3 is 2.63 bits per heavy atom. The van der Waals surface area contributed by atoms with Gasteiger partial charge < -0.3 is 0 Å². The molecule has 0 bridgehead atoms. The van der Waals surface area contributed by atoms with Crippen LogP contribution in [0.2, 0.25) is 0 Å². The minimum absolute atomic E-state index is 0.0848. The zero-order valence-electron chi connectivity index (χ0n) is 10.2. The molecule has 0 radical (unpaired) electrons. The summed E-state index contributed by atoms with van der Waals surface area (Å²) >= 11 is 5.77. The van der Waals surface area contributed by atoms with Crippen LogP contribution in [0.15, 0.2) is 43.0 Å². The average molecular weight is 548 g/mol. The molecule has 0 N–H and O–H groups in total. The molecule has 0 unspecified atom stereocenters. The molecule has 0 spiro atoms. The van der Waals surface area contributed by atoms with Gasteiger partial charge in [-0.3, -0.25) is 0 Å². The van der Waals surface area contributed by atoms with Crippen molar-refractivity contribution in [3.63, 3.8) is 0 Å². The molecule has 0 heterocycles. The molecule has 3 nitrogen and oxygen atoms in total. The summed E-state index contributed by atoms with van der Waals surface area (Å²) in [5, 5.41) is 4.04. The van der Waals surface area contributed by atoms with Gasteiger partial charge in [-0.15, -0.1) is 0 Å². The zero-order chi connectivity index (χ0) is 13.7. The van der Waals surface area contributed by atoms with Crippen LogP contribution >= 0.6 is 34.6 Å². The molecule has 0 aromatic heterocycles. The summed E-state index contributed by atoms with van der Waals surface area (Å²) in [6, 6.07) is 7.21. The first-order valence-electron chi connectivity index (χ1n) is 5.98. The van der Waals surface area contributed by atoms with Gasteiger partial charge >= 0.3 is 142 Å². The van der Waals surface area contributed by atoms with Crippen LogP contribution in [0.1, 0.15) is 25.7 Å². The Hall–Kier alpha value is 0.230. The van der Waals surface area contributed by atoms with E-state index in [0.29, 0.717) is 10.6 Å². The van der Waals surface area contributed by atoms with Gasteiger partial charge in [0.1, 0.15) is 0 Å². The summed E-state index contributed by atoms with van der Waals surface area (Å²) in [4.78, 5) is 12.6. The summed E-state index contributed by atoms with van der Waals surface area (Å²) in [5.74, 6) is 0. The normalized spacial score (nSPS) is 16.1. The fourth-order valence-electron chi connectivity index (χ4n) is 1.88. The Kier molecular flexibility index (Phi) is 6.46. The number of halogens is 2. The molecule has 0 amide bonds. The Morgan fingerprint density at radius 1 is 1.26 bits per heavy atom. The van der Waals surface area contributed by atoms with Gasteiger partial charge in [-0.05, 0) is 0 Å². The molecule has 19 heavy (non-hydrogen) atoms. The fraction of sp³-hybridized carbons (Fsp3) is 0.308. The molecule has 0 aliphatic heterocycles. The quantitative estimate of drug-likeness (QED) is 0.176.